The van der Waals surface area contributed by atoms with Crippen LogP contribution in [-0.4, -0.2) is 23.9 Å². The van der Waals surface area contributed by atoms with Gasteiger partial charge in [0.05, 0.1) is 24.0 Å². The summed E-state index contributed by atoms with van der Waals surface area (Å²) in [5.74, 6) is -1.36. The first-order valence-electron chi connectivity index (χ1n) is 9.28. The molecule has 1 atom stereocenters. The van der Waals surface area contributed by atoms with Gasteiger partial charge < -0.3 is 14.3 Å². The molecule has 1 amide bonds. The molecule has 6 nitrogen and oxygen atoms in total. The fourth-order valence-corrected chi connectivity index (χ4v) is 3.98. The van der Waals surface area contributed by atoms with Gasteiger partial charge in [-0.2, -0.15) is 0 Å². The summed E-state index contributed by atoms with van der Waals surface area (Å²) in [6, 6.07) is 11.9. The maximum atomic E-state index is 13.1. The summed E-state index contributed by atoms with van der Waals surface area (Å²) in [6.07, 6.45) is 1.44. The summed E-state index contributed by atoms with van der Waals surface area (Å²) in [5.41, 5.74) is 1.24. The standard InChI is InChI=1S/C23H17Cl2NO5/c1-12-14(24)5-3-6-16(12)26-20(17-7-4-10-31-17)19(22(28)23(26)29)21(27)13-8-9-15(25)18(11-13)30-2/h3-11,20,27H,1-2H3/b21-19-. The Morgan fingerprint density at radius 1 is 1.10 bits per heavy atom. The number of furan rings is 1. The summed E-state index contributed by atoms with van der Waals surface area (Å²) < 4.78 is 10.7. The molecular formula is C23H17Cl2NO5. The number of hydrogen-bond donors (Lipinski definition) is 1. The van der Waals surface area contributed by atoms with E-state index in [0.29, 0.717) is 32.8 Å². The van der Waals surface area contributed by atoms with Gasteiger partial charge in [-0.15, -0.1) is 0 Å². The van der Waals surface area contributed by atoms with Crippen LogP contribution in [0.1, 0.15) is 22.9 Å². The molecule has 0 radical (unpaired) electrons. The Hall–Kier alpha value is -3.22. The second-order valence-corrected chi connectivity index (χ2v) is 7.73. The molecule has 1 saturated heterocycles. The lowest BCUT2D eigenvalue weighted by atomic mass is 9.99. The number of aliphatic hydroxyl groups excluding tert-OH is 1. The maximum absolute atomic E-state index is 13.1. The Bertz CT molecular complexity index is 1220. The van der Waals surface area contributed by atoms with Crippen molar-refractivity contribution >= 4 is 46.3 Å². The van der Waals surface area contributed by atoms with Crippen LogP contribution in [0.2, 0.25) is 10.0 Å². The van der Waals surface area contributed by atoms with Crippen LogP contribution in [0.3, 0.4) is 0 Å². The van der Waals surface area contributed by atoms with Crippen LogP contribution in [0, 0.1) is 6.92 Å². The Kier molecular flexibility index (Phi) is 5.52. The number of anilines is 1. The zero-order valence-electron chi connectivity index (χ0n) is 16.6. The van der Waals surface area contributed by atoms with E-state index in [1.165, 1.54) is 36.5 Å². The van der Waals surface area contributed by atoms with Crippen molar-refractivity contribution in [1.29, 1.82) is 0 Å². The van der Waals surface area contributed by atoms with Crippen LogP contribution in [0.25, 0.3) is 5.76 Å². The molecule has 8 heteroatoms. The lowest BCUT2D eigenvalue weighted by molar-refractivity contribution is -0.132. The van der Waals surface area contributed by atoms with Crippen LogP contribution in [0.5, 0.6) is 5.75 Å². The van der Waals surface area contributed by atoms with Crippen LogP contribution in [0.4, 0.5) is 5.69 Å². The van der Waals surface area contributed by atoms with Crippen LogP contribution >= 0.6 is 23.2 Å². The van der Waals surface area contributed by atoms with Crippen molar-refractivity contribution in [3.05, 3.63) is 87.3 Å². The van der Waals surface area contributed by atoms with Gasteiger partial charge in [-0.1, -0.05) is 29.3 Å². The minimum absolute atomic E-state index is 0.108. The fourth-order valence-electron chi connectivity index (χ4n) is 3.62. The van der Waals surface area contributed by atoms with Crippen molar-refractivity contribution in [2.45, 2.75) is 13.0 Å². The number of halogens is 2. The second-order valence-electron chi connectivity index (χ2n) is 6.92. The summed E-state index contributed by atoms with van der Waals surface area (Å²) in [4.78, 5) is 27.5. The van der Waals surface area contributed by atoms with E-state index in [1.54, 1.807) is 37.3 Å². The van der Waals surface area contributed by atoms with Gasteiger partial charge in [-0.05, 0) is 55.0 Å². The van der Waals surface area contributed by atoms with E-state index in [1.807, 2.05) is 0 Å². The number of hydrogen-bond acceptors (Lipinski definition) is 5. The first-order chi connectivity index (χ1) is 14.8. The molecular weight excluding hydrogens is 441 g/mol. The number of methoxy groups -OCH3 is 1. The van der Waals surface area contributed by atoms with E-state index in [4.69, 9.17) is 32.4 Å². The molecule has 0 bridgehead atoms. The largest absolute Gasteiger partial charge is 0.507 e. The molecule has 3 aromatic rings. The maximum Gasteiger partial charge on any atom is 0.300 e. The number of benzene rings is 2. The van der Waals surface area contributed by atoms with E-state index in [-0.39, 0.29) is 16.9 Å². The molecule has 1 fully saturated rings. The Labute approximate surface area is 188 Å². The van der Waals surface area contributed by atoms with Gasteiger partial charge in [0, 0.05) is 16.3 Å². The Morgan fingerprint density at radius 3 is 2.55 bits per heavy atom. The third kappa shape index (κ3) is 3.48. The molecule has 158 valence electrons. The Balaban J connectivity index is 1.95. The Morgan fingerprint density at radius 2 is 1.87 bits per heavy atom. The number of carbonyl (C=O) groups excluding carboxylic acids is 2. The fraction of sp³-hybridized carbons (Fsp3) is 0.130. The smallest absolute Gasteiger partial charge is 0.300 e. The molecule has 2 aromatic carbocycles. The van der Waals surface area contributed by atoms with Crippen LogP contribution in [-0.2, 0) is 9.59 Å². The predicted molar refractivity (Wildman–Crippen MR) is 118 cm³/mol. The summed E-state index contributed by atoms with van der Waals surface area (Å²) >= 11 is 12.3. The average molecular weight is 458 g/mol. The van der Waals surface area contributed by atoms with Gasteiger partial charge in [0.25, 0.3) is 11.7 Å². The first kappa shape index (κ1) is 21.0. The predicted octanol–water partition coefficient (Wildman–Crippen LogP) is 5.53. The molecule has 0 spiro atoms. The number of amides is 1. The number of ketones is 1. The van der Waals surface area contributed by atoms with Crippen LogP contribution < -0.4 is 9.64 Å². The molecule has 31 heavy (non-hydrogen) atoms. The molecule has 1 aliphatic rings. The van der Waals surface area contributed by atoms with Gasteiger partial charge in [-0.3, -0.25) is 14.5 Å². The van der Waals surface area contributed by atoms with E-state index < -0.39 is 17.7 Å². The highest BCUT2D eigenvalue weighted by molar-refractivity contribution is 6.52. The lowest BCUT2D eigenvalue weighted by Crippen LogP contribution is -2.30. The SMILES string of the molecule is COc1cc(/C(O)=C2/C(=O)C(=O)N(c3cccc(Cl)c3C)C2c2ccco2)ccc1Cl. The van der Waals surface area contributed by atoms with E-state index >= 15 is 0 Å². The highest BCUT2D eigenvalue weighted by atomic mass is 35.5. The van der Waals surface area contributed by atoms with E-state index in [2.05, 4.69) is 0 Å². The zero-order chi connectivity index (χ0) is 22.3. The van der Waals surface area contributed by atoms with Gasteiger partial charge in [0.15, 0.2) is 0 Å². The molecule has 2 heterocycles. The van der Waals surface area contributed by atoms with E-state index in [0.717, 1.165) is 0 Å². The molecule has 1 aliphatic heterocycles. The van der Waals surface area contributed by atoms with Crippen molar-refractivity contribution in [2.24, 2.45) is 0 Å². The van der Waals surface area contributed by atoms with Gasteiger partial charge in [-0.25, -0.2) is 0 Å². The highest BCUT2D eigenvalue weighted by Crippen LogP contribution is 2.44. The van der Waals surface area contributed by atoms with Crippen molar-refractivity contribution in [3.63, 3.8) is 0 Å². The van der Waals surface area contributed by atoms with Crippen molar-refractivity contribution in [3.8, 4) is 5.75 Å². The second kappa shape index (κ2) is 8.13. The number of carbonyl (C=O) groups is 2. The highest BCUT2D eigenvalue weighted by Gasteiger charge is 2.48. The van der Waals surface area contributed by atoms with Gasteiger partial charge in [0.2, 0.25) is 0 Å². The zero-order valence-corrected chi connectivity index (χ0v) is 18.1. The van der Waals surface area contributed by atoms with E-state index in [9.17, 15) is 14.7 Å². The first-order valence-corrected chi connectivity index (χ1v) is 10.0. The molecule has 1 aromatic heterocycles. The molecule has 4 rings (SSSR count). The van der Waals surface area contributed by atoms with Gasteiger partial charge in [0.1, 0.15) is 23.3 Å². The third-order valence-electron chi connectivity index (χ3n) is 5.18. The third-order valence-corrected chi connectivity index (χ3v) is 5.90. The monoisotopic (exact) mass is 457 g/mol. The van der Waals surface area contributed by atoms with Crippen LogP contribution in [0.15, 0.2) is 64.8 Å². The molecule has 0 aliphatic carbocycles. The number of ether oxygens (including phenoxy) is 1. The van der Waals surface area contributed by atoms with Gasteiger partial charge >= 0.3 is 0 Å². The molecule has 1 unspecified atom stereocenters. The lowest BCUT2D eigenvalue weighted by Gasteiger charge is -2.25. The van der Waals surface area contributed by atoms with Crippen molar-refractivity contribution in [2.75, 3.05) is 12.0 Å². The minimum atomic E-state index is -0.978. The minimum Gasteiger partial charge on any atom is -0.507 e. The summed E-state index contributed by atoms with van der Waals surface area (Å²) in [6.45, 7) is 1.75. The number of Topliss-reactive ketones (excluding diaryl/α,β-unsaturated/α-hetero) is 1. The van der Waals surface area contributed by atoms with Crippen molar-refractivity contribution < 1.29 is 23.8 Å². The average Bonchev–Trinajstić information content (AvgIpc) is 3.37. The number of aliphatic hydroxyl groups is 1. The number of rotatable bonds is 4. The topological polar surface area (TPSA) is 80.0 Å². The summed E-state index contributed by atoms with van der Waals surface area (Å²) in [7, 11) is 1.44. The van der Waals surface area contributed by atoms with Crippen molar-refractivity contribution in [1.82, 2.24) is 0 Å². The summed E-state index contributed by atoms with van der Waals surface area (Å²) in [5, 5.41) is 11.9. The normalized spacial score (nSPS) is 17.9. The quantitative estimate of drug-likeness (QED) is 0.316. The number of nitrogens with zero attached hydrogens (tertiary/aromatic N) is 1. The molecule has 1 N–H and O–H groups in total. The molecule has 0 saturated carbocycles.